The zero-order valence-electron chi connectivity index (χ0n) is 11.8. The van der Waals surface area contributed by atoms with Gasteiger partial charge in [-0.25, -0.2) is 0 Å². The fraction of sp³-hybridized carbons (Fsp3) is 0.250. The van der Waals surface area contributed by atoms with Crippen LogP contribution in [0.5, 0.6) is 0 Å². The van der Waals surface area contributed by atoms with Crippen LogP contribution in [0.2, 0.25) is 0 Å². The van der Waals surface area contributed by atoms with Crippen molar-refractivity contribution < 1.29 is 0 Å². The van der Waals surface area contributed by atoms with Crippen molar-refractivity contribution >= 4 is 38.6 Å². The van der Waals surface area contributed by atoms with Crippen LogP contribution in [0.3, 0.4) is 0 Å². The van der Waals surface area contributed by atoms with Crippen molar-refractivity contribution in [2.45, 2.75) is 35.8 Å². The molecule has 0 aliphatic rings. The number of aryl methyl sites for hydroxylation is 1. The summed E-state index contributed by atoms with van der Waals surface area (Å²) in [7, 11) is -0.0866. The molecule has 0 saturated heterocycles. The van der Waals surface area contributed by atoms with Gasteiger partial charge in [-0.1, -0.05) is 58.2 Å². The Labute approximate surface area is 136 Å². The first-order valence-electron chi connectivity index (χ1n) is 6.50. The first kappa shape index (κ1) is 15.8. The van der Waals surface area contributed by atoms with E-state index in [0.29, 0.717) is 5.25 Å². The Bertz CT molecular complexity index is 589. The molecule has 2 rings (SSSR count). The highest BCUT2D eigenvalue weighted by atomic mass is 79.9. The fourth-order valence-electron chi connectivity index (χ4n) is 1.66. The molecule has 0 N–H and O–H groups in total. The van der Waals surface area contributed by atoms with Crippen LogP contribution in [0.25, 0.3) is 0 Å². The van der Waals surface area contributed by atoms with E-state index >= 15 is 0 Å². The molecule has 0 aliphatic heterocycles. The third-order valence-corrected chi connectivity index (χ3v) is 6.35. The van der Waals surface area contributed by atoms with Crippen LogP contribution in [-0.4, -0.2) is 5.25 Å². The van der Waals surface area contributed by atoms with E-state index in [1.807, 2.05) is 0 Å². The molecular weight excluding hydrogens is 350 g/mol. The molecule has 4 heteroatoms. The summed E-state index contributed by atoms with van der Waals surface area (Å²) in [5.74, 6) is 0. The van der Waals surface area contributed by atoms with E-state index in [0.717, 1.165) is 4.47 Å². The molecule has 2 aromatic rings. The highest BCUT2D eigenvalue weighted by Gasteiger charge is 2.07. The predicted molar refractivity (Wildman–Crippen MR) is 94.4 cm³/mol. The summed E-state index contributed by atoms with van der Waals surface area (Å²) in [6.07, 6.45) is 0. The third kappa shape index (κ3) is 4.47. The van der Waals surface area contributed by atoms with Gasteiger partial charge in [0.2, 0.25) is 0 Å². The molecule has 0 heterocycles. The van der Waals surface area contributed by atoms with Gasteiger partial charge >= 0.3 is 0 Å². The molecule has 1 nitrogen and oxygen atoms in total. The second-order valence-electron chi connectivity index (χ2n) is 4.80. The maximum absolute atomic E-state index is 4.85. The Kier molecular flexibility index (Phi) is 5.87. The lowest BCUT2D eigenvalue weighted by Gasteiger charge is -2.12. The summed E-state index contributed by atoms with van der Waals surface area (Å²) in [6, 6.07) is 17.0. The molecule has 0 aromatic heterocycles. The summed E-state index contributed by atoms with van der Waals surface area (Å²) < 4.78 is 5.96. The molecule has 0 amide bonds. The van der Waals surface area contributed by atoms with E-state index in [9.17, 15) is 0 Å². The molecule has 0 aliphatic carbocycles. The summed E-state index contributed by atoms with van der Waals surface area (Å²) in [5.41, 5.74) is 1.28. The summed E-state index contributed by atoms with van der Waals surface area (Å²) >= 11 is 5.07. The number of hydrogen-bond donors (Lipinski definition) is 0. The van der Waals surface area contributed by atoms with Crippen molar-refractivity contribution in [3.8, 4) is 0 Å². The van der Waals surface area contributed by atoms with Crippen molar-refractivity contribution in [2.24, 2.45) is 3.77 Å². The SMILES string of the molecule is Cc1ccc(SN=S(c2ccc(Br)cc2)C(C)C)cc1. The van der Waals surface area contributed by atoms with Gasteiger partial charge in [-0.3, -0.25) is 0 Å². The van der Waals surface area contributed by atoms with Gasteiger partial charge in [0.15, 0.2) is 0 Å². The van der Waals surface area contributed by atoms with Crippen molar-refractivity contribution in [3.05, 3.63) is 58.6 Å². The summed E-state index contributed by atoms with van der Waals surface area (Å²) in [6.45, 7) is 6.56. The van der Waals surface area contributed by atoms with Crippen LogP contribution < -0.4 is 0 Å². The Balaban J connectivity index is 2.22. The lowest BCUT2D eigenvalue weighted by Crippen LogP contribution is -2.04. The Morgan fingerprint density at radius 2 is 1.60 bits per heavy atom. The quantitative estimate of drug-likeness (QED) is 0.600. The summed E-state index contributed by atoms with van der Waals surface area (Å²) in [5, 5.41) is 0.508. The molecule has 0 spiro atoms. The minimum absolute atomic E-state index is 0.0866. The van der Waals surface area contributed by atoms with Gasteiger partial charge in [0.05, 0.1) is 0 Å². The Morgan fingerprint density at radius 1 is 1.00 bits per heavy atom. The minimum Gasteiger partial charge on any atom is -0.185 e. The van der Waals surface area contributed by atoms with E-state index in [1.165, 1.54) is 15.4 Å². The normalized spacial score (nSPS) is 12.8. The van der Waals surface area contributed by atoms with Crippen LogP contribution in [0.1, 0.15) is 19.4 Å². The van der Waals surface area contributed by atoms with Crippen LogP contribution >= 0.6 is 27.9 Å². The van der Waals surface area contributed by atoms with Gasteiger partial charge in [-0.15, -0.1) is 0 Å². The molecule has 0 radical (unpaired) electrons. The van der Waals surface area contributed by atoms with E-state index in [2.05, 4.69) is 85.2 Å². The second kappa shape index (κ2) is 7.43. The number of benzene rings is 2. The fourth-order valence-corrected chi connectivity index (χ4v) is 4.84. The Morgan fingerprint density at radius 3 is 2.15 bits per heavy atom. The first-order valence-corrected chi connectivity index (χ1v) is 9.31. The first-order chi connectivity index (χ1) is 9.56. The summed E-state index contributed by atoms with van der Waals surface area (Å²) in [4.78, 5) is 2.49. The van der Waals surface area contributed by atoms with Gasteiger partial charge in [0, 0.05) is 31.5 Å². The van der Waals surface area contributed by atoms with Crippen LogP contribution in [0.4, 0.5) is 0 Å². The van der Waals surface area contributed by atoms with Gasteiger partial charge in [0.25, 0.3) is 0 Å². The molecule has 0 fully saturated rings. The molecule has 1 unspecified atom stereocenters. The van der Waals surface area contributed by atoms with Crippen molar-refractivity contribution in [1.29, 1.82) is 0 Å². The van der Waals surface area contributed by atoms with E-state index in [4.69, 9.17) is 3.77 Å². The monoisotopic (exact) mass is 367 g/mol. The van der Waals surface area contributed by atoms with Crippen molar-refractivity contribution in [3.63, 3.8) is 0 Å². The molecule has 0 bridgehead atoms. The van der Waals surface area contributed by atoms with Gasteiger partial charge in [-0.2, -0.15) is 3.77 Å². The number of nitrogens with zero attached hydrogens (tertiary/aromatic N) is 1. The Hall–Kier alpha value is -0.580. The predicted octanol–water partition coefficient (Wildman–Crippen LogP) is 6.03. The molecule has 1 atom stereocenters. The lowest BCUT2D eigenvalue weighted by atomic mass is 10.2. The topological polar surface area (TPSA) is 12.4 Å². The van der Waals surface area contributed by atoms with Gasteiger partial charge in [0.1, 0.15) is 0 Å². The molecular formula is C16H18BrNS2. The standard InChI is InChI=1S/C16H18BrNS2/c1-12(2)20(16-10-6-14(17)7-11-16)18-19-15-8-4-13(3)5-9-15/h4-12H,1-3H3. The average molecular weight is 368 g/mol. The van der Waals surface area contributed by atoms with Crippen molar-refractivity contribution in [1.82, 2.24) is 0 Å². The van der Waals surface area contributed by atoms with Gasteiger partial charge in [-0.05, 0) is 43.3 Å². The zero-order valence-corrected chi connectivity index (χ0v) is 15.1. The van der Waals surface area contributed by atoms with Crippen molar-refractivity contribution in [2.75, 3.05) is 0 Å². The average Bonchev–Trinajstić information content (AvgIpc) is 2.43. The number of hydrogen-bond acceptors (Lipinski definition) is 2. The number of halogens is 1. The van der Waals surface area contributed by atoms with Crippen LogP contribution in [-0.2, 0) is 10.7 Å². The van der Waals surface area contributed by atoms with E-state index in [-0.39, 0.29) is 10.7 Å². The van der Waals surface area contributed by atoms with E-state index in [1.54, 1.807) is 11.9 Å². The molecule has 2 aromatic carbocycles. The molecule has 20 heavy (non-hydrogen) atoms. The zero-order chi connectivity index (χ0) is 14.5. The van der Waals surface area contributed by atoms with Crippen LogP contribution in [0, 0.1) is 6.92 Å². The highest BCUT2D eigenvalue weighted by molar-refractivity contribution is 9.10. The smallest absolute Gasteiger partial charge is 0.0312 e. The van der Waals surface area contributed by atoms with E-state index < -0.39 is 0 Å². The molecule has 106 valence electrons. The maximum atomic E-state index is 4.85. The maximum Gasteiger partial charge on any atom is 0.0312 e. The molecule has 0 saturated carbocycles. The minimum atomic E-state index is -0.0866. The second-order valence-corrected chi connectivity index (χ2v) is 9.01. The highest BCUT2D eigenvalue weighted by Crippen LogP contribution is 2.25. The van der Waals surface area contributed by atoms with Crippen LogP contribution in [0.15, 0.2) is 66.6 Å². The largest absolute Gasteiger partial charge is 0.185 e. The van der Waals surface area contributed by atoms with Gasteiger partial charge < -0.3 is 0 Å². The third-order valence-electron chi connectivity index (χ3n) is 2.75. The lowest BCUT2D eigenvalue weighted by molar-refractivity contribution is 1.10. The number of rotatable bonds is 4.